The second-order valence-corrected chi connectivity index (χ2v) is 7.96. The van der Waals surface area contributed by atoms with Crippen molar-refractivity contribution in [3.8, 4) is 0 Å². The van der Waals surface area contributed by atoms with Crippen molar-refractivity contribution in [2.75, 3.05) is 7.05 Å². The van der Waals surface area contributed by atoms with Crippen molar-refractivity contribution >= 4 is 5.91 Å². The van der Waals surface area contributed by atoms with E-state index in [0.717, 1.165) is 44.1 Å². The summed E-state index contributed by atoms with van der Waals surface area (Å²) >= 11 is 0. The Kier molecular flexibility index (Phi) is 6.06. The summed E-state index contributed by atoms with van der Waals surface area (Å²) in [6.07, 6.45) is 8.50. The first-order valence-corrected chi connectivity index (χ1v) is 9.63. The van der Waals surface area contributed by atoms with Crippen molar-refractivity contribution in [2.24, 2.45) is 0 Å². The van der Waals surface area contributed by atoms with E-state index in [2.05, 4.69) is 40.7 Å². The maximum Gasteiger partial charge on any atom is 0.255 e. The van der Waals surface area contributed by atoms with Gasteiger partial charge < -0.3 is 4.90 Å². The molecule has 1 amide bonds. The van der Waals surface area contributed by atoms with Crippen LogP contribution >= 0.6 is 0 Å². The van der Waals surface area contributed by atoms with E-state index in [9.17, 15) is 4.79 Å². The van der Waals surface area contributed by atoms with Gasteiger partial charge in [0.05, 0.1) is 5.56 Å². The van der Waals surface area contributed by atoms with Gasteiger partial charge in [0, 0.05) is 30.4 Å². The zero-order valence-corrected chi connectivity index (χ0v) is 16.4. The lowest BCUT2D eigenvalue weighted by molar-refractivity contribution is 0.0784. The van der Waals surface area contributed by atoms with Gasteiger partial charge in [0.1, 0.15) is 0 Å². The summed E-state index contributed by atoms with van der Waals surface area (Å²) < 4.78 is 0. The fourth-order valence-electron chi connectivity index (χ4n) is 3.78. The molecule has 0 N–H and O–H groups in total. The predicted molar refractivity (Wildman–Crippen MR) is 101 cm³/mol. The molecule has 0 bridgehead atoms. The SMILES string of the molecule is CCCC(C)(C)c1ncc(C(=O)N(C)C2CC2)cc1C(CC)CC. The molecule has 3 nitrogen and oxygen atoms in total. The normalized spacial score (nSPS) is 15.0. The largest absolute Gasteiger partial charge is 0.339 e. The lowest BCUT2D eigenvalue weighted by atomic mass is 9.78. The second kappa shape index (κ2) is 7.67. The van der Waals surface area contributed by atoms with Crippen molar-refractivity contribution < 1.29 is 4.79 Å². The molecule has 1 aliphatic carbocycles. The summed E-state index contributed by atoms with van der Waals surface area (Å²) in [5, 5.41) is 0. The van der Waals surface area contributed by atoms with Gasteiger partial charge in [-0.2, -0.15) is 0 Å². The maximum atomic E-state index is 12.8. The number of nitrogens with zero attached hydrogens (tertiary/aromatic N) is 2. The van der Waals surface area contributed by atoms with Crippen molar-refractivity contribution in [1.29, 1.82) is 0 Å². The van der Waals surface area contributed by atoms with Crippen LogP contribution in [-0.4, -0.2) is 28.9 Å². The molecule has 24 heavy (non-hydrogen) atoms. The Morgan fingerprint density at radius 2 is 1.92 bits per heavy atom. The highest BCUT2D eigenvalue weighted by atomic mass is 16.2. The summed E-state index contributed by atoms with van der Waals surface area (Å²) in [6, 6.07) is 2.57. The van der Waals surface area contributed by atoms with Crippen molar-refractivity contribution in [1.82, 2.24) is 9.88 Å². The third kappa shape index (κ3) is 3.99. The van der Waals surface area contributed by atoms with E-state index in [0.29, 0.717) is 12.0 Å². The van der Waals surface area contributed by atoms with Crippen LogP contribution in [0.4, 0.5) is 0 Å². The van der Waals surface area contributed by atoms with E-state index in [-0.39, 0.29) is 11.3 Å². The van der Waals surface area contributed by atoms with Crippen LogP contribution in [0.1, 0.15) is 101 Å². The van der Waals surface area contributed by atoms with Crippen LogP contribution < -0.4 is 0 Å². The number of hydrogen-bond donors (Lipinski definition) is 0. The van der Waals surface area contributed by atoms with Crippen LogP contribution in [0.15, 0.2) is 12.3 Å². The van der Waals surface area contributed by atoms with Crippen molar-refractivity contribution in [3.05, 3.63) is 29.1 Å². The monoisotopic (exact) mass is 330 g/mol. The number of carbonyl (C=O) groups is 1. The Morgan fingerprint density at radius 3 is 2.42 bits per heavy atom. The van der Waals surface area contributed by atoms with E-state index < -0.39 is 0 Å². The third-order valence-electron chi connectivity index (χ3n) is 5.52. The number of rotatable bonds is 8. The standard InChI is InChI=1S/C21H34N2O/c1-7-12-21(4,5)19-18(15(8-2)9-3)13-16(14-22-19)20(24)23(6)17-10-11-17/h13-15,17H,7-12H2,1-6H3. The number of hydrogen-bond acceptors (Lipinski definition) is 2. The van der Waals surface area contributed by atoms with Crippen LogP contribution in [0, 0.1) is 0 Å². The van der Waals surface area contributed by atoms with E-state index >= 15 is 0 Å². The van der Waals surface area contributed by atoms with E-state index in [1.165, 1.54) is 11.3 Å². The van der Waals surface area contributed by atoms with E-state index in [1.807, 2.05) is 11.9 Å². The number of amides is 1. The highest BCUT2D eigenvalue weighted by Crippen LogP contribution is 2.36. The number of carbonyl (C=O) groups excluding carboxylic acids is 1. The molecular weight excluding hydrogens is 296 g/mol. The van der Waals surface area contributed by atoms with Gasteiger partial charge in [0.25, 0.3) is 5.91 Å². The fraction of sp³-hybridized carbons (Fsp3) is 0.714. The van der Waals surface area contributed by atoms with Gasteiger partial charge in [-0.3, -0.25) is 9.78 Å². The van der Waals surface area contributed by atoms with Gasteiger partial charge in [-0.1, -0.05) is 41.0 Å². The van der Waals surface area contributed by atoms with Crippen LogP contribution in [0.5, 0.6) is 0 Å². The molecule has 1 heterocycles. The zero-order chi connectivity index (χ0) is 17.9. The summed E-state index contributed by atoms with van der Waals surface area (Å²) in [7, 11) is 1.92. The van der Waals surface area contributed by atoms with Crippen molar-refractivity contribution in [3.63, 3.8) is 0 Å². The van der Waals surface area contributed by atoms with Crippen LogP contribution in [0.25, 0.3) is 0 Å². The quantitative estimate of drug-likeness (QED) is 0.648. The number of aromatic nitrogens is 1. The molecule has 0 aliphatic heterocycles. The highest BCUT2D eigenvalue weighted by molar-refractivity contribution is 5.94. The van der Waals surface area contributed by atoms with Gasteiger partial charge >= 0.3 is 0 Å². The minimum atomic E-state index is 0.0522. The lowest BCUT2D eigenvalue weighted by Gasteiger charge is -2.29. The average Bonchev–Trinajstić information content (AvgIpc) is 3.39. The Morgan fingerprint density at radius 1 is 1.29 bits per heavy atom. The molecule has 1 fully saturated rings. The minimum absolute atomic E-state index is 0.0522. The van der Waals surface area contributed by atoms with Crippen LogP contribution in [0.3, 0.4) is 0 Å². The summed E-state index contributed by atoms with van der Waals surface area (Å²) in [4.78, 5) is 19.5. The molecule has 1 aromatic heterocycles. The molecule has 0 saturated heterocycles. The second-order valence-electron chi connectivity index (χ2n) is 7.96. The van der Waals surface area contributed by atoms with Gasteiger partial charge in [-0.25, -0.2) is 0 Å². The Hall–Kier alpha value is -1.38. The van der Waals surface area contributed by atoms with Gasteiger partial charge in [0.2, 0.25) is 0 Å². The molecule has 2 rings (SSSR count). The van der Waals surface area contributed by atoms with Crippen molar-refractivity contribution in [2.45, 2.75) is 90.5 Å². The summed E-state index contributed by atoms with van der Waals surface area (Å²) in [5.74, 6) is 0.597. The molecule has 0 radical (unpaired) electrons. The molecule has 3 heteroatoms. The van der Waals surface area contributed by atoms with Crippen LogP contribution in [0.2, 0.25) is 0 Å². The lowest BCUT2D eigenvalue weighted by Crippen LogP contribution is -2.30. The smallest absolute Gasteiger partial charge is 0.255 e. The zero-order valence-electron chi connectivity index (χ0n) is 16.4. The molecule has 0 unspecified atom stereocenters. The van der Waals surface area contributed by atoms with E-state index in [4.69, 9.17) is 4.98 Å². The Labute approximate surface area is 147 Å². The highest BCUT2D eigenvalue weighted by Gasteiger charge is 2.32. The molecule has 0 atom stereocenters. The Bertz CT molecular complexity index is 571. The van der Waals surface area contributed by atoms with E-state index in [1.54, 1.807) is 6.20 Å². The average molecular weight is 331 g/mol. The fourth-order valence-corrected chi connectivity index (χ4v) is 3.78. The molecule has 0 spiro atoms. The topological polar surface area (TPSA) is 33.2 Å². The molecule has 1 aliphatic rings. The third-order valence-corrected chi connectivity index (χ3v) is 5.52. The predicted octanol–water partition coefficient (Wildman–Crippen LogP) is 5.30. The van der Waals surface area contributed by atoms with Gasteiger partial charge in [-0.05, 0) is 49.7 Å². The molecule has 1 aromatic rings. The summed E-state index contributed by atoms with van der Waals surface area (Å²) in [6.45, 7) is 11.2. The molecular formula is C21H34N2O. The molecule has 0 aromatic carbocycles. The maximum absolute atomic E-state index is 12.8. The Balaban J connectivity index is 2.43. The minimum Gasteiger partial charge on any atom is -0.339 e. The first kappa shape index (κ1) is 19.0. The van der Waals surface area contributed by atoms with Gasteiger partial charge in [0.15, 0.2) is 0 Å². The molecule has 134 valence electrons. The summed E-state index contributed by atoms with van der Waals surface area (Å²) in [5.41, 5.74) is 3.27. The number of pyridine rings is 1. The van der Waals surface area contributed by atoms with Crippen LogP contribution in [-0.2, 0) is 5.41 Å². The van der Waals surface area contributed by atoms with Gasteiger partial charge in [-0.15, -0.1) is 0 Å². The first-order chi connectivity index (χ1) is 11.4. The molecule has 1 saturated carbocycles. The first-order valence-electron chi connectivity index (χ1n) is 9.63.